The van der Waals surface area contributed by atoms with Gasteiger partial charge in [-0.2, -0.15) is 0 Å². The van der Waals surface area contributed by atoms with Crippen LogP contribution in [0, 0.1) is 0 Å². The number of carboxylic acids is 1. The molecule has 3 nitrogen and oxygen atoms in total. The van der Waals surface area contributed by atoms with E-state index in [2.05, 4.69) is 5.32 Å². The summed E-state index contributed by atoms with van der Waals surface area (Å²) in [6.45, 7) is 0. The second-order valence-corrected chi connectivity index (χ2v) is 3.27. The first-order valence-electron chi connectivity index (χ1n) is 2.79. The molecule has 0 saturated heterocycles. The normalized spacial score (nSPS) is 29.1. The Morgan fingerprint density at radius 3 is 2.82 bits per heavy atom. The first-order valence-corrected chi connectivity index (χ1v) is 3.87. The lowest BCUT2D eigenvalue weighted by Crippen LogP contribution is -2.44. The number of halogens is 2. The maximum absolute atomic E-state index is 13.1. The topological polar surface area (TPSA) is 49.3 Å². The average molecular weight is 269 g/mol. The number of nitrogens with one attached hydrogen (secondary N) is 1. The highest BCUT2D eigenvalue weighted by atomic mass is 127. The Kier molecular flexibility index (Phi) is 2.17. The van der Waals surface area contributed by atoms with Crippen molar-refractivity contribution in [1.82, 2.24) is 5.32 Å². The van der Waals surface area contributed by atoms with E-state index in [4.69, 9.17) is 5.11 Å². The zero-order chi connectivity index (χ0) is 8.48. The zero-order valence-corrected chi connectivity index (χ0v) is 7.50. The van der Waals surface area contributed by atoms with Crippen molar-refractivity contribution in [1.29, 1.82) is 0 Å². The molecule has 1 aliphatic rings. The second kappa shape index (κ2) is 2.80. The fraction of sp³-hybridized carbons (Fsp3) is 0.167. The van der Waals surface area contributed by atoms with E-state index in [1.54, 1.807) is 6.08 Å². The highest BCUT2D eigenvalue weighted by Gasteiger charge is 2.36. The van der Waals surface area contributed by atoms with Gasteiger partial charge in [0.1, 0.15) is 0 Å². The molecule has 1 unspecified atom stereocenters. The average Bonchev–Trinajstić information content (AvgIpc) is 1.86. The van der Waals surface area contributed by atoms with Gasteiger partial charge in [-0.1, -0.05) is 0 Å². The van der Waals surface area contributed by atoms with Gasteiger partial charge < -0.3 is 10.4 Å². The molecule has 0 aromatic rings. The van der Waals surface area contributed by atoms with Crippen LogP contribution in [0.25, 0.3) is 0 Å². The van der Waals surface area contributed by atoms with Gasteiger partial charge in [-0.3, -0.25) is 0 Å². The van der Waals surface area contributed by atoms with Crippen molar-refractivity contribution in [3.8, 4) is 0 Å². The minimum Gasteiger partial charge on any atom is -0.477 e. The maximum Gasteiger partial charge on any atom is 0.366 e. The summed E-state index contributed by atoms with van der Waals surface area (Å²) < 4.78 is 13.7. The number of rotatable bonds is 1. The molecule has 11 heavy (non-hydrogen) atoms. The number of carbonyl (C=O) groups is 1. The predicted octanol–water partition coefficient (Wildman–Crippen LogP) is 1.17. The fourth-order valence-corrected chi connectivity index (χ4v) is 1.25. The van der Waals surface area contributed by atoms with Gasteiger partial charge in [0.05, 0.1) is 0 Å². The lowest BCUT2D eigenvalue weighted by molar-refractivity contribution is -0.148. The van der Waals surface area contributed by atoms with Gasteiger partial charge in [-0.05, 0) is 34.7 Å². The summed E-state index contributed by atoms with van der Waals surface area (Å²) in [5.41, 5.74) is 0. The molecule has 0 aromatic carbocycles. The Labute approximate surface area is 76.1 Å². The number of hydrogen-bond donors (Lipinski definition) is 2. The number of carboxylic acid groups (broad SMARTS) is 1. The van der Waals surface area contributed by atoms with Crippen molar-refractivity contribution < 1.29 is 14.3 Å². The molecule has 0 radical (unpaired) electrons. The molecular weight excluding hydrogens is 264 g/mol. The van der Waals surface area contributed by atoms with Gasteiger partial charge in [-0.25, -0.2) is 9.18 Å². The van der Waals surface area contributed by atoms with Crippen molar-refractivity contribution in [2.24, 2.45) is 0 Å². The predicted molar refractivity (Wildman–Crippen MR) is 45.9 cm³/mol. The fourth-order valence-electron chi connectivity index (χ4n) is 0.646. The minimum atomic E-state index is -2.44. The third kappa shape index (κ3) is 1.70. The third-order valence-electron chi connectivity index (χ3n) is 1.18. The van der Waals surface area contributed by atoms with E-state index >= 15 is 0 Å². The van der Waals surface area contributed by atoms with Crippen molar-refractivity contribution in [2.75, 3.05) is 0 Å². The van der Waals surface area contributed by atoms with Crippen molar-refractivity contribution >= 4 is 28.6 Å². The van der Waals surface area contributed by atoms with Crippen LogP contribution in [0.15, 0.2) is 21.9 Å². The SMILES string of the molecule is O=C(O)C1(F)C=C(I)C=CN1. The molecule has 1 aliphatic heterocycles. The molecule has 0 spiro atoms. The van der Waals surface area contributed by atoms with E-state index in [0.717, 1.165) is 6.08 Å². The molecule has 1 rings (SSSR count). The van der Waals surface area contributed by atoms with Crippen LogP contribution in [0.2, 0.25) is 0 Å². The van der Waals surface area contributed by atoms with Crippen LogP contribution in [0.1, 0.15) is 0 Å². The molecule has 0 aliphatic carbocycles. The van der Waals surface area contributed by atoms with E-state index in [1.165, 1.54) is 6.20 Å². The van der Waals surface area contributed by atoms with Crippen molar-refractivity contribution in [2.45, 2.75) is 5.79 Å². The summed E-state index contributed by atoms with van der Waals surface area (Å²) in [5.74, 6) is -3.97. The molecule has 0 aromatic heterocycles. The third-order valence-corrected chi connectivity index (χ3v) is 1.85. The largest absolute Gasteiger partial charge is 0.477 e. The van der Waals surface area contributed by atoms with Crippen LogP contribution >= 0.6 is 22.6 Å². The Hall–Kier alpha value is -0.590. The summed E-state index contributed by atoms with van der Waals surface area (Å²) in [6.07, 6.45) is 3.87. The van der Waals surface area contributed by atoms with Gasteiger partial charge in [0.2, 0.25) is 0 Å². The zero-order valence-electron chi connectivity index (χ0n) is 5.34. The smallest absolute Gasteiger partial charge is 0.366 e. The highest BCUT2D eigenvalue weighted by Crippen LogP contribution is 2.21. The minimum absolute atomic E-state index is 0.561. The summed E-state index contributed by atoms with van der Waals surface area (Å²) in [6, 6.07) is 0. The van der Waals surface area contributed by atoms with Crippen LogP contribution in [0.4, 0.5) is 4.39 Å². The van der Waals surface area contributed by atoms with E-state index in [-0.39, 0.29) is 0 Å². The molecular formula is C6H5FINO2. The lowest BCUT2D eigenvalue weighted by Gasteiger charge is -2.19. The molecule has 60 valence electrons. The summed E-state index contributed by atoms with van der Waals surface area (Å²) in [7, 11) is 0. The Bertz CT molecular complexity index is 251. The highest BCUT2D eigenvalue weighted by molar-refractivity contribution is 14.1. The van der Waals surface area contributed by atoms with Crippen LogP contribution < -0.4 is 5.32 Å². The van der Waals surface area contributed by atoms with Gasteiger partial charge >= 0.3 is 5.97 Å². The first kappa shape index (κ1) is 8.51. The van der Waals surface area contributed by atoms with E-state index in [9.17, 15) is 9.18 Å². The van der Waals surface area contributed by atoms with Crippen molar-refractivity contribution in [3.05, 3.63) is 21.9 Å². The number of alkyl halides is 1. The summed E-state index contributed by atoms with van der Waals surface area (Å²) in [4.78, 5) is 10.3. The van der Waals surface area contributed by atoms with E-state index in [1.807, 2.05) is 22.6 Å². The second-order valence-electron chi connectivity index (χ2n) is 2.02. The van der Waals surface area contributed by atoms with Crippen molar-refractivity contribution in [3.63, 3.8) is 0 Å². The van der Waals surface area contributed by atoms with Crippen LogP contribution in [-0.4, -0.2) is 16.9 Å². The Balaban J connectivity index is 2.92. The molecule has 5 heteroatoms. The molecule has 0 amide bonds. The molecule has 0 saturated carbocycles. The number of allylic oxidation sites excluding steroid dienone is 2. The maximum atomic E-state index is 13.1. The molecule has 0 bridgehead atoms. The number of dihydropyridines is 1. The van der Waals surface area contributed by atoms with E-state index < -0.39 is 11.8 Å². The molecule has 0 fully saturated rings. The summed E-state index contributed by atoms with van der Waals surface area (Å²) >= 11 is 1.85. The van der Waals surface area contributed by atoms with Gasteiger partial charge in [0.25, 0.3) is 5.79 Å². The molecule has 1 heterocycles. The first-order chi connectivity index (χ1) is 5.04. The number of hydrogen-bond acceptors (Lipinski definition) is 2. The van der Waals surface area contributed by atoms with Gasteiger partial charge in [0, 0.05) is 9.78 Å². The Morgan fingerprint density at radius 1 is 1.82 bits per heavy atom. The molecule has 1 atom stereocenters. The number of aliphatic carboxylic acids is 1. The molecule has 2 N–H and O–H groups in total. The lowest BCUT2D eigenvalue weighted by atomic mass is 10.2. The standard InChI is InChI=1S/C6H5FINO2/c7-6(5(10)11)3-4(8)1-2-9-6/h1-3,9H,(H,10,11). The summed E-state index contributed by atoms with van der Waals surface area (Å²) in [5, 5.41) is 10.5. The monoisotopic (exact) mass is 269 g/mol. The van der Waals surface area contributed by atoms with E-state index in [0.29, 0.717) is 3.58 Å². The van der Waals surface area contributed by atoms with Gasteiger partial charge in [0.15, 0.2) is 0 Å². The Morgan fingerprint density at radius 2 is 2.45 bits per heavy atom. The van der Waals surface area contributed by atoms with Gasteiger partial charge in [-0.15, -0.1) is 0 Å². The van der Waals surface area contributed by atoms with Crippen LogP contribution in [-0.2, 0) is 4.79 Å². The quantitative estimate of drug-likeness (QED) is 0.555. The van der Waals surface area contributed by atoms with Crippen LogP contribution in [0.5, 0.6) is 0 Å². The van der Waals surface area contributed by atoms with Crippen LogP contribution in [0.3, 0.4) is 0 Å².